The van der Waals surface area contributed by atoms with E-state index < -0.39 is 0 Å². The van der Waals surface area contributed by atoms with E-state index in [0.717, 1.165) is 0 Å². The molecule has 0 saturated carbocycles. The zero-order valence-corrected chi connectivity index (χ0v) is 9.96. The summed E-state index contributed by atoms with van der Waals surface area (Å²) in [5, 5.41) is 0. The maximum atomic E-state index is 2.40. The molecule has 0 rings (SSSR count). The van der Waals surface area contributed by atoms with Crippen LogP contribution in [0.25, 0.3) is 0 Å². The molecule has 0 saturated heterocycles. The van der Waals surface area contributed by atoms with Crippen LogP contribution in [0.4, 0.5) is 0 Å². The smallest absolute Gasteiger partial charge is 0.0942 e. The van der Waals surface area contributed by atoms with Gasteiger partial charge in [0.05, 0.1) is 18.6 Å². The van der Waals surface area contributed by atoms with E-state index >= 15 is 0 Å². The van der Waals surface area contributed by atoms with Crippen LogP contribution in [-0.2, 0) is 0 Å². The third-order valence-corrected chi connectivity index (χ3v) is 3.27. The first-order chi connectivity index (χ1) is 5.14. The van der Waals surface area contributed by atoms with Crippen LogP contribution >= 0.6 is 0 Å². The lowest BCUT2D eigenvalue weighted by atomic mass is 9.93. The zero-order chi connectivity index (χ0) is 8.91. The van der Waals surface area contributed by atoms with Crippen LogP contribution in [0, 0.1) is 0 Å². The Balaban J connectivity index is 0. The number of rotatable bonds is 5. The molecule has 0 radical (unpaired) electrons. The first kappa shape index (κ1) is 14.8. The van der Waals surface area contributed by atoms with Crippen molar-refractivity contribution >= 4 is 0 Å². The molecule has 1 N–H and O–H groups in total. The van der Waals surface area contributed by atoms with Gasteiger partial charge in [-0.05, 0) is 33.6 Å². The molecule has 0 heterocycles. The lowest BCUT2D eigenvalue weighted by Gasteiger charge is -2.35. The van der Waals surface area contributed by atoms with Gasteiger partial charge in [-0.2, -0.15) is 0 Å². The lowest BCUT2D eigenvalue weighted by molar-refractivity contribution is -0.948. The number of nitrogens with one attached hydrogen (secondary N) is 1. The van der Waals surface area contributed by atoms with Gasteiger partial charge in [0.1, 0.15) is 0 Å². The third-order valence-electron chi connectivity index (χ3n) is 3.27. The average molecular weight is 194 g/mol. The molecule has 0 aliphatic rings. The fourth-order valence-corrected chi connectivity index (χ4v) is 1.85. The lowest BCUT2D eigenvalue weighted by Crippen LogP contribution is -3.19. The molecule has 0 fully saturated rings. The monoisotopic (exact) mass is 193 g/mol. The molecule has 0 aromatic rings. The number of hydrogen-bond acceptors (Lipinski definition) is 0. The average Bonchev–Trinajstić information content (AvgIpc) is 2.06. The van der Waals surface area contributed by atoms with Crippen molar-refractivity contribution in [3.63, 3.8) is 0 Å². The summed E-state index contributed by atoms with van der Waals surface area (Å²) in [7, 11) is 0. The number of halogens is 1. The van der Waals surface area contributed by atoms with E-state index in [2.05, 4.69) is 34.6 Å². The summed E-state index contributed by atoms with van der Waals surface area (Å²) in [5.74, 6) is 0. The van der Waals surface area contributed by atoms with Gasteiger partial charge in [0, 0.05) is 0 Å². The minimum Gasteiger partial charge on any atom is -1.00 e. The quantitative estimate of drug-likeness (QED) is 0.542. The molecule has 0 aliphatic carbocycles. The molecule has 0 spiro atoms. The second-order valence-electron chi connectivity index (χ2n) is 3.58. The van der Waals surface area contributed by atoms with Gasteiger partial charge in [-0.15, -0.1) is 0 Å². The van der Waals surface area contributed by atoms with Gasteiger partial charge in [-0.25, -0.2) is 0 Å². The van der Waals surface area contributed by atoms with Crippen LogP contribution in [0.3, 0.4) is 0 Å². The minimum absolute atomic E-state index is 0. The Morgan fingerprint density at radius 3 is 1.33 bits per heavy atom. The maximum absolute atomic E-state index is 2.40. The Hall–Kier alpha value is 0.250. The molecular formula is C10H24ClN. The van der Waals surface area contributed by atoms with Gasteiger partial charge in [0.25, 0.3) is 0 Å². The van der Waals surface area contributed by atoms with Crippen molar-refractivity contribution in [2.45, 2.75) is 53.0 Å². The van der Waals surface area contributed by atoms with Gasteiger partial charge < -0.3 is 17.3 Å². The number of quaternary nitrogens is 1. The summed E-state index contributed by atoms with van der Waals surface area (Å²) in [5.41, 5.74) is 0.517. The van der Waals surface area contributed by atoms with E-state index in [4.69, 9.17) is 0 Å². The molecule has 0 aliphatic heterocycles. The molecule has 1 nitrogen and oxygen atoms in total. The minimum atomic E-state index is 0. The molecule has 0 aromatic carbocycles. The van der Waals surface area contributed by atoms with Gasteiger partial charge in [-0.1, -0.05) is 13.8 Å². The topological polar surface area (TPSA) is 4.44 Å². The first-order valence-corrected chi connectivity index (χ1v) is 4.99. The van der Waals surface area contributed by atoms with E-state index in [1.807, 2.05) is 0 Å². The van der Waals surface area contributed by atoms with E-state index in [-0.39, 0.29) is 12.4 Å². The van der Waals surface area contributed by atoms with Gasteiger partial charge >= 0.3 is 0 Å². The second-order valence-corrected chi connectivity index (χ2v) is 3.58. The van der Waals surface area contributed by atoms with Gasteiger partial charge in [0.15, 0.2) is 0 Å². The largest absolute Gasteiger partial charge is 1.00 e. The summed E-state index contributed by atoms with van der Waals surface area (Å²) in [4.78, 5) is 1.74. The second kappa shape index (κ2) is 6.73. The molecule has 12 heavy (non-hydrogen) atoms. The number of hydrogen-bond donors (Lipinski definition) is 1. The van der Waals surface area contributed by atoms with E-state index in [1.165, 1.54) is 25.9 Å². The van der Waals surface area contributed by atoms with Crippen LogP contribution in [0.5, 0.6) is 0 Å². The summed E-state index contributed by atoms with van der Waals surface area (Å²) in [6.07, 6.45) is 2.58. The normalized spacial score (nSPS) is 11.5. The van der Waals surface area contributed by atoms with Crippen LogP contribution in [0.15, 0.2) is 0 Å². The third kappa shape index (κ3) is 3.32. The Labute approximate surface area is 83.9 Å². The molecule has 2 heteroatoms. The van der Waals surface area contributed by atoms with Crippen molar-refractivity contribution in [2.75, 3.05) is 13.1 Å². The predicted octanol–water partition coefficient (Wildman–Crippen LogP) is -1.51. The fourth-order valence-electron chi connectivity index (χ4n) is 1.85. The summed E-state index contributed by atoms with van der Waals surface area (Å²) < 4.78 is 0. The highest BCUT2D eigenvalue weighted by Gasteiger charge is 2.29. The van der Waals surface area contributed by atoms with Crippen molar-refractivity contribution in [2.24, 2.45) is 0 Å². The summed E-state index contributed by atoms with van der Waals surface area (Å²) in [6, 6.07) is 0. The van der Waals surface area contributed by atoms with Crippen LogP contribution in [0.2, 0.25) is 0 Å². The standard InChI is InChI=1S/C10H23N.ClH/c1-6-10(5,7-2)11(8-3)9-4;/h6-9H2,1-5H3;1H. The van der Waals surface area contributed by atoms with Crippen molar-refractivity contribution < 1.29 is 17.3 Å². The highest BCUT2D eigenvalue weighted by molar-refractivity contribution is 4.67. The van der Waals surface area contributed by atoms with E-state index in [0.29, 0.717) is 5.54 Å². The zero-order valence-electron chi connectivity index (χ0n) is 9.21. The maximum Gasteiger partial charge on any atom is 0.0942 e. The van der Waals surface area contributed by atoms with Gasteiger partial charge in [-0.3, -0.25) is 0 Å². The Morgan fingerprint density at radius 1 is 0.917 bits per heavy atom. The van der Waals surface area contributed by atoms with E-state index in [1.54, 1.807) is 4.90 Å². The molecule has 0 bridgehead atoms. The highest BCUT2D eigenvalue weighted by Crippen LogP contribution is 2.08. The van der Waals surface area contributed by atoms with Crippen molar-refractivity contribution in [1.82, 2.24) is 0 Å². The molecule has 0 amide bonds. The molecule has 0 unspecified atom stereocenters. The first-order valence-electron chi connectivity index (χ1n) is 4.99. The fraction of sp³-hybridized carbons (Fsp3) is 1.00. The van der Waals surface area contributed by atoms with Crippen molar-refractivity contribution in [1.29, 1.82) is 0 Å². The molecular weight excluding hydrogens is 170 g/mol. The van der Waals surface area contributed by atoms with E-state index in [9.17, 15) is 0 Å². The van der Waals surface area contributed by atoms with Crippen LogP contribution in [0.1, 0.15) is 47.5 Å². The Morgan fingerprint density at radius 2 is 1.25 bits per heavy atom. The summed E-state index contributed by atoms with van der Waals surface area (Å²) >= 11 is 0. The molecule has 0 aromatic heterocycles. The summed E-state index contributed by atoms with van der Waals surface area (Å²) in [6.45, 7) is 14.1. The van der Waals surface area contributed by atoms with Gasteiger partial charge in [0.2, 0.25) is 0 Å². The van der Waals surface area contributed by atoms with Crippen LogP contribution in [-0.4, -0.2) is 18.6 Å². The molecule has 76 valence electrons. The SMILES string of the molecule is CC[NH+](CC)C(C)(CC)CC.[Cl-]. The molecule has 0 atom stereocenters. The predicted molar refractivity (Wildman–Crippen MR) is 51.0 cm³/mol. The van der Waals surface area contributed by atoms with Crippen molar-refractivity contribution in [3.8, 4) is 0 Å². The highest BCUT2D eigenvalue weighted by atomic mass is 35.5. The Kier molecular flexibility index (Phi) is 8.28. The van der Waals surface area contributed by atoms with Crippen LogP contribution < -0.4 is 17.3 Å². The Bertz CT molecular complexity index is 96.0. The van der Waals surface area contributed by atoms with Crippen molar-refractivity contribution in [3.05, 3.63) is 0 Å².